The Bertz CT molecular complexity index is 534. The smallest absolute Gasteiger partial charge is 0.123 e. The zero-order valence-corrected chi connectivity index (χ0v) is 10.8. The summed E-state index contributed by atoms with van der Waals surface area (Å²) in [6.07, 6.45) is 1.03. The largest absolute Gasteiger partial charge is 0.381 e. The van der Waals surface area contributed by atoms with E-state index in [1.54, 1.807) is 6.07 Å². The molecule has 0 aliphatic carbocycles. The number of nitrogens with one attached hydrogen (secondary N) is 1. The van der Waals surface area contributed by atoms with E-state index in [4.69, 9.17) is 0 Å². The van der Waals surface area contributed by atoms with Gasteiger partial charge >= 0.3 is 0 Å². The zero-order valence-electron chi connectivity index (χ0n) is 10.8. The van der Waals surface area contributed by atoms with Crippen LogP contribution in [0.5, 0.6) is 0 Å². The fourth-order valence-electron chi connectivity index (χ4n) is 1.96. The molecule has 18 heavy (non-hydrogen) atoms. The summed E-state index contributed by atoms with van der Waals surface area (Å²) in [6, 6.07) is 13.3. The van der Waals surface area contributed by atoms with Gasteiger partial charge in [0.2, 0.25) is 0 Å². The highest BCUT2D eigenvalue weighted by Crippen LogP contribution is 2.15. The third-order valence-corrected chi connectivity index (χ3v) is 3.12. The van der Waals surface area contributed by atoms with Crippen LogP contribution >= 0.6 is 0 Å². The third-order valence-electron chi connectivity index (χ3n) is 3.12. The topological polar surface area (TPSA) is 12.0 Å². The molecule has 0 aliphatic rings. The average molecular weight is 243 g/mol. The quantitative estimate of drug-likeness (QED) is 0.843. The number of aryl methyl sites for hydroxylation is 2. The van der Waals surface area contributed by atoms with Crippen molar-refractivity contribution in [1.82, 2.24) is 0 Å². The Morgan fingerprint density at radius 1 is 1.11 bits per heavy atom. The highest BCUT2D eigenvalue weighted by molar-refractivity contribution is 5.46. The van der Waals surface area contributed by atoms with Crippen LogP contribution in [0.25, 0.3) is 0 Å². The van der Waals surface area contributed by atoms with Crippen molar-refractivity contribution in [3.63, 3.8) is 0 Å². The summed E-state index contributed by atoms with van der Waals surface area (Å²) in [4.78, 5) is 0. The minimum atomic E-state index is -0.177. The maximum atomic E-state index is 13.0. The van der Waals surface area contributed by atoms with Gasteiger partial charge in [0.1, 0.15) is 5.82 Å². The number of halogens is 1. The van der Waals surface area contributed by atoms with E-state index in [0.29, 0.717) is 0 Å². The highest BCUT2D eigenvalue weighted by Gasteiger charge is 2.00. The van der Waals surface area contributed by atoms with E-state index < -0.39 is 0 Å². The van der Waals surface area contributed by atoms with Crippen molar-refractivity contribution < 1.29 is 4.39 Å². The standard InChI is InChI=1S/C16H18FN/c1-3-13-5-4-6-16(10-13)18-11-14-7-8-15(17)9-12(14)2/h4-10,18H,3,11H2,1-2H3. The number of hydrogen-bond acceptors (Lipinski definition) is 1. The Labute approximate surface area is 108 Å². The second-order valence-corrected chi connectivity index (χ2v) is 4.48. The Balaban J connectivity index is 2.06. The second-order valence-electron chi connectivity index (χ2n) is 4.48. The molecule has 1 nitrogen and oxygen atoms in total. The first-order valence-electron chi connectivity index (χ1n) is 6.27. The minimum Gasteiger partial charge on any atom is -0.381 e. The van der Waals surface area contributed by atoms with Crippen molar-refractivity contribution in [2.24, 2.45) is 0 Å². The molecule has 0 radical (unpaired) electrons. The second kappa shape index (κ2) is 5.67. The van der Waals surface area contributed by atoms with Crippen LogP contribution in [0.15, 0.2) is 42.5 Å². The number of anilines is 1. The molecule has 0 aliphatic heterocycles. The van der Waals surface area contributed by atoms with Gasteiger partial charge in [-0.3, -0.25) is 0 Å². The van der Waals surface area contributed by atoms with Crippen LogP contribution in [0, 0.1) is 12.7 Å². The lowest BCUT2D eigenvalue weighted by Gasteiger charge is -2.10. The lowest BCUT2D eigenvalue weighted by atomic mass is 10.1. The van der Waals surface area contributed by atoms with Gasteiger partial charge in [-0.2, -0.15) is 0 Å². The van der Waals surface area contributed by atoms with E-state index in [9.17, 15) is 4.39 Å². The van der Waals surface area contributed by atoms with Gasteiger partial charge < -0.3 is 5.32 Å². The minimum absolute atomic E-state index is 0.177. The summed E-state index contributed by atoms with van der Waals surface area (Å²) in [5, 5.41) is 3.37. The summed E-state index contributed by atoms with van der Waals surface area (Å²) in [5.74, 6) is -0.177. The summed E-state index contributed by atoms with van der Waals surface area (Å²) < 4.78 is 13.0. The first-order chi connectivity index (χ1) is 8.69. The summed E-state index contributed by atoms with van der Waals surface area (Å²) in [5.41, 5.74) is 4.53. The Kier molecular flexibility index (Phi) is 3.98. The molecule has 94 valence electrons. The molecule has 0 heterocycles. The Morgan fingerprint density at radius 2 is 1.94 bits per heavy atom. The number of benzene rings is 2. The van der Waals surface area contributed by atoms with Gasteiger partial charge in [-0.25, -0.2) is 4.39 Å². The SMILES string of the molecule is CCc1cccc(NCc2ccc(F)cc2C)c1. The van der Waals surface area contributed by atoms with E-state index >= 15 is 0 Å². The van der Waals surface area contributed by atoms with Crippen molar-refractivity contribution in [1.29, 1.82) is 0 Å². The molecule has 0 saturated heterocycles. The average Bonchev–Trinajstić information content (AvgIpc) is 2.38. The molecule has 0 aromatic heterocycles. The van der Waals surface area contributed by atoms with E-state index in [-0.39, 0.29) is 5.82 Å². The third kappa shape index (κ3) is 3.10. The van der Waals surface area contributed by atoms with Crippen molar-refractivity contribution in [2.45, 2.75) is 26.8 Å². The molecular formula is C16H18FN. The predicted molar refractivity (Wildman–Crippen MR) is 74.3 cm³/mol. The van der Waals surface area contributed by atoms with Crippen LogP contribution in [-0.4, -0.2) is 0 Å². The maximum absolute atomic E-state index is 13.0. The molecule has 2 aromatic carbocycles. The monoisotopic (exact) mass is 243 g/mol. The lowest BCUT2D eigenvalue weighted by molar-refractivity contribution is 0.625. The van der Waals surface area contributed by atoms with Crippen LogP contribution in [0.2, 0.25) is 0 Å². The Hall–Kier alpha value is -1.83. The summed E-state index contributed by atoms with van der Waals surface area (Å²) in [6.45, 7) is 4.80. The fourth-order valence-corrected chi connectivity index (χ4v) is 1.96. The Morgan fingerprint density at radius 3 is 2.67 bits per heavy atom. The first-order valence-corrected chi connectivity index (χ1v) is 6.27. The fraction of sp³-hybridized carbons (Fsp3) is 0.250. The predicted octanol–water partition coefficient (Wildman–Crippen LogP) is 4.31. The normalized spacial score (nSPS) is 10.4. The summed E-state index contributed by atoms with van der Waals surface area (Å²) in [7, 11) is 0. The van der Waals surface area contributed by atoms with Crippen LogP contribution in [0.1, 0.15) is 23.6 Å². The van der Waals surface area contributed by atoms with E-state index in [2.05, 4.69) is 36.5 Å². The molecule has 0 spiro atoms. The van der Waals surface area contributed by atoms with Crippen LogP contribution in [0.3, 0.4) is 0 Å². The molecular weight excluding hydrogens is 225 g/mol. The molecule has 2 rings (SSSR count). The number of hydrogen-bond donors (Lipinski definition) is 1. The van der Waals surface area contributed by atoms with Gasteiger partial charge in [-0.1, -0.05) is 25.1 Å². The van der Waals surface area contributed by atoms with Crippen molar-refractivity contribution >= 4 is 5.69 Å². The van der Waals surface area contributed by atoms with E-state index in [1.165, 1.54) is 11.6 Å². The molecule has 0 unspecified atom stereocenters. The van der Waals surface area contributed by atoms with Gasteiger partial charge in [-0.05, 0) is 54.3 Å². The van der Waals surface area contributed by atoms with Gasteiger partial charge in [0.05, 0.1) is 0 Å². The molecule has 1 N–H and O–H groups in total. The zero-order chi connectivity index (χ0) is 13.0. The van der Waals surface area contributed by atoms with Crippen LogP contribution in [-0.2, 0) is 13.0 Å². The molecule has 0 amide bonds. The van der Waals surface area contributed by atoms with E-state index in [1.807, 2.05) is 13.0 Å². The van der Waals surface area contributed by atoms with Gasteiger partial charge in [0.25, 0.3) is 0 Å². The van der Waals surface area contributed by atoms with Crippen molar-refractivity contribution in [3.05, 3.63) is 65.0 Å². The molecule has 2 heteroatoms. The van der Waals surface area contributed by atoms with Crippen LogP contribution in [0.4, 0.5) is 10.1 Å². The number of rotatable bonds is 4. The van der Waals surface area contributed by atoms with Gasteiger partial charge in [-0.15, -0.1) is 0 Å². The molecule has 2 aromatic rings. The van der Waals surface area contributed by atoms with E-state index in [0.717, 1.165) is 29.8 Å². The van der Waals surface area contributed by atoms with Crippen molar-refractivity contribution in [3.8, 4) is 0 Å². The molecule has 0 fully saturated rings. The highest BCUT2D eigenvalue weighted by atomic mass is 19.1. The molecule has 0 saturated carbocycles. The first kappa shape index (κ1) is 12.6. The summed E-state index contributed by atoms with van der Waals surface area (Å²) >= 11 is 0. The maximum Gasteiger partial charge on any atom is 0.123 e. The van der Waals surface area contributed by atoms with Gasteiger partial charge in [0, 0.05) is 12.2 Å². The lowest BCUT2D eigenvalue weighted by Crippen LogP contribution is -2.02. The molecule has 0 bridgehead atoms. The van der Waals surface area contributed by atoms with Crippen LogP contribution < -0.4 is 5.32 Å². The van der Waals surface area contributed by atoms with Gasteiger partial charge in [0.15, 0.2) is 0 Å². The molecule has 0 atom stereocenters. The van der Waals surface area contributed by atoms with Crippen molar-refractivity contribution in [2.75, 3.05) is 5.32 Å².